The topological polar surface area (TPSA) is 32.3 Å². The summed E-state index contributed by atoms with van der Waals surface area (Å²) in [6.07, 6.45) is 6.54. The Hall–Kier alpha value is -0.870. The zero-order valence-electron chi connectivity index (χ0n) is 11.3. The fourth-order valence-corrected chi connectivity index (χ4v) is 4.09. The predicted molar refractivity (Wildman–Crippen MR) is 78.4 cm³/mol. The number of fused-ring (bicyclic) bond motifs is 1. The van der Waals surface area contributed by atoms with Crippen LogP contribution in [0.3, 0.4) is 0 Å². The van der Waals surface area contributed by atoms with Crippen molar-refractivity contribution in [2.24, 2.45) is 0 Å². The van der Waals surface area contributed by atoms with E-state index in [-0.39, 0.29) is 5.91 Å². The molecule has 1 aromatic rings. The quantitative estimate of drug-likeness (QED) is 0.917. The Morgan fingerprint density at radius 3 is 3.16 bits per heavy atom. The molecule has 4 heteroatoms. The van der Waals surface area contributed by atoms with Crippen molar-refractivity contribution in [1.82, 2.24) is 10.2 Å². The van der Waals surface area contributed by atoms with Crippen LogP contribution in [0.15, 0.2) is 16.8 Å². The van der Waals surface area contributed by atoms with E-state index in [1.807, 2.05) is 0 Å². The van der Waals surface area contributed by atoms with Crippen molar-refractivity contribution in [3.63, 3.8) is 0 Å². The van der Waals surface area contributed by atoms with E-state index in [4.69, 9.17) is 0 Å². The summed E-state index contributed by atoms with van der Waals surface area (Å²) in [5, 5.41) is 7.47. The third kappa shape index (κ3) is 3.18. The van der Waals surface area contributed by atoms with E-state index in [1.54, 1.807) is 11.3 Å². The normalized spacial score (nSPS) is 27.2. The Morgan fingerprint density at radius 2 is 2.32 bits per heavy atom. The zero-order valence-corrected chi connectivity index (χ0v) is 12.1. The molecule has 0 aromatic carbocycles. The number of amides is 1. The first-order valence-corrected chi connectivity index (χ1v) is 8.32. The molecule has 3 heterocycles. The largest absolute Gasteiger partial charge is 0.352 e. The van der Waals surface area contributed by atoms with Gasteiger partial charge >= 0.3 is 0 Å². The van der Waals surface area contributed by atoms with Crippen LogP contribution in [0.1, 0.15) is 37.7 Å². The van der Waals surface area contributed by atoms with Crippen molar-refractivity contribution in [2.45, 2.75) is 50.6 Å². The van der Waals surface area contributed by atoms with Crippen molar-refractivity contribution >= 4 is 17.2 Å². The van der Waals surface area contributed by atoms with Gasteiger partial charge in [0.2, 0.25) is 5.91 Å². The van der Waals surface area contributed by atoms with Gasteiger partial charge in [-0.05, 0) is 54.6 Å². The maximum absolute atomic E-state index is 12.0. The van der Waals surface area contributed by atoms with Gasteiger partial charge in [-0.25, -0.2) is 0 Å². The molecule has 0 radical (unpaired) electrons. The van der Waals surface area contributed by atoms with Crippen molar-refractivity contribution < 1.29 is 4.79 Å². The molecule has 0 aliphatic carbocycles. The van der Waals surface area contributed by atoms with Gasteiger partial charge in [0.15, 0.2) is 0 Å². The van der Waals surface area contributed by atoms with Crippen molar-refractivity contribution in [2.75, 3.05) is 13.1 Å². The lowest BCUT2D eigenvalue weighted by Crippen LogP contribution is -2.46. The molecule has 0 spiro atoms. The highest BCUT2D eigenvalue weighted by atomic mass is 32.1. The number of hydrogen-bond acceptors (Lipinski definition) is 3. The molecule has 2 saturated heterocycles. The monoisotopic (exact) mass is 278 g/mol. The van der Waals surface area contributed by atoms with Crippen LogP contribution in [0, 0.1) is 0 Å². The third-order valence-corrected chi connectivity index (χ3v) is 5.16. The molecule has 3 nitrogen and oxygen atoms in total. The lowest BCUT2D eigenvalue weighted by molar-refractivity contribution is -0.122. The fourth-order valence-electron chi connectivity index (χ4n) is 3.39. The second-order valence-electron chi connectivity index (χ2n) is 5.69. The standard InChI is InChI=1S/C15H22N2OS/c18-15(5-4-12-7-10-19-11-12)16-13-6-9-17-8-2-1-3-14(13)17/h7,10-11,13-14H,1-6,8-9H2,(H,16,18)/t13-,14-/m1/s1. The van der Waals surface area contributed by atoms with Crippen LogP contribution < -0.4 is 5.32 Å². The predicted octanol–water partition coefficient (Wildman–Crippen LogP) is 2.42. The van der Waals surface area contributed by atoms with Crippen LogP contribution in [-0.4, -0.2) is 36.0 Å². The molecule has 0 saturated carbocycles. The summed E-state index contributed by atoms with van der Waals surface area (Å²) in [7, 11) is 0. The molecule has 2 fully saturated rings. The molecular weight excluding hydrogens is 256 g/mol. The van der Waals surface area contributed by atoms with Gasteiger partial charge in [-0.2, -0.15) is 11.3 Å². The lowest BCUT2D eigenvalue weighted by atomic mass is 9.99. The van der Waals surface area contributed by atoms with Gasteiger partial charge < -0.3 is 5.32 Å². The molecule has 19 heavy (non-hydrogen) atoms. The van der Waals surface area contributed by atoms with Gasteiger partial charge in [-0.15, -0.1) is 0 Å². The first-order chi connectivity index (χ1) is 9.33. The SMILES string of the molecule is O=C(CCc1ccsc1)N[C@@H]1CCN2CCCC[C@H]12. The van der Waals surface area contributed by atoms with Gasteiger partial charge in [0.25, 0.3) is 0 Å². The highest BCUT2D eigenvalue weighted by Gasteiger charge is 2.35. The van der Waals surface area contributed by atoms with Crippen LogP contribution in [0.4, 0.5) is 0 Å². The Labute approximate surface area is 119 Å². The number of carbonyl (C=O) groups is 1. The summed E-state index contributed by atoms with van der Waals surface area (Å²) in [4.78, 5) is 14.6. The molecule has 2 aliphatic heterocycles. The van der Waals surface area contributed by atoms with E-state index < -0.39 is 0 Å². The highest BCUT2D eigenvalue weighted by molar-refractivity contribution is 7.07. The molecule has 104 valence electrons. The molecule has 1 aromatic heterocycles. The van der Waals surface area contributed by atoms with Crippen LogP contribution in [-0.2, 0) is 11.2 Å². The second-order valence-corrected chi connectivity index (χ2v) is 6.47. The molecule has 1 amide bonds. The third-order valence-electron chi connectivity index (χ3n) is 4.42. The number of thiophene rings is 1. The number of nitrogens with one attached hydrogen (secondary N) is 1. The Bertz CT molecular complexity index is 418. The minimum absolute atomic E-state index is 0.226. The van der Waals surface area contributed by atoms with Gasteiger partial charge in [0.1, 0.15) is 0 Å². The number of hydrogen-bond donors (Lipinski definition) is 1. The molecule has 0 bridgehead atoms. The summed E-state index contributed by atoms with van der Waals surface area (Å²) < 4.78 is 0. The molecule has 0 unspecified atom stereocenters. The Balaban J connectivity index is 1.47. The lowest BCUT2D eigenvalue weighted by Gasteiger charge is -2.32. The van der Waals surface area contributed by atoms with Crippen molar-refractivity contribution in [1.29, 1.82) is 0 Å². The number of rotatable bonds is 4. The van der Waals surface area contributed by atoms with Crippen LogP contribution in [0.5, 0.6) is 0 Å². The van der Waals surface area contributed by atoms with Gasteiger partial charge in [0.05, 0.1) is 0 Å². The van der Waals surface area contributed by atoms with E-state index >= 15 is 0 Å². The molecule has 1 N–H and O–H groups in total. The fraction of sp³-hybridized carbons (Fsp3) is 0.667. The Morgan fingerprint density at radius 1 is 1.37 bits per heavy atom. The maximum Gasteiger partial charge on any atom is 0.220 e. The van der Waals surface area contributed by atoms with Gasteiger partial charge in [-0.3, -0.25) is 9.69 Å². The first-order valence-electron chi connectivity index (χ1n) is 7.37. The second kappa shape index (κ2) is 6.06. The van der Waals surface area contributed by atoms with E-state index in [0.717, 1.165) is 12.8 Å². The number of nitrogens with zero attached hydrogens (tertiary/aromatic N) is 1. The summed E-state index contributed by atoms with van der Waals surface area (Å²) in [6.45, 7) is 2.39. The minimum atomic E-state index is 0.226. The average molecular weight is 278 g/mol. The van der Waals surface area contributed by atoms with Gasteiger partial charge in [-0.1, -0.05) is 6.42 Å². The van der Waals surface area contributed by atoms with E-state index in [0.29, 0.717) is 18.5 Å². The van der Waals surface area contributed by atoms with Gasteiger partial charge in [0, 0.05) is 25.0 Å². The zero-order chi connectivity index (χ0) is 13.1. The summed E-state index contributed by atoms with van der Waals surface area (Å²) in [5.74, 6) is 0.226. The molecule has 2 atom stereocenters. The van der Waals surface area contributed by atoms with E-state index in [2.05, 4.69) is 27.0 Å². The Kier molecular flexibility index (Phi) is 4.18. The average Bonchev–Trinajstić information content (AvgIpc) is 3.07. The van der Waals surface area contributed by atoms with E-state index in [1.165, 1.54) is 37.9 Å². The summed E-state index contributed by atoms with van der Waals surface area (Å²) >= 11 is 1.70. The van der Waals surface area contributed by atoms with Crippen LogP contribution >= 0.6 is 11.3 Å². The van der Waals surface area contributed by atoms with Crippen LogP contribution in [0.25, 0.3) is 0 Å². The number of carbonyl (C=O) groups excluding carboxylic acids is 1. The molecule has 2 aliphatic rings. The van der Waals surface area contributed by atoms with Crippen molar-refractivity contribution in [3.8, 4) is 0 Å². The minimum Gasteiger partial charge on any atom is -0.352 e. The first kappa shape index (κ1) is 13.1. The highest BCUT2D eigenvalue weighted by Crippen LogP contribution is 2.27. The maximum atomic E-state index is 12.0. The number of piperidine rings is 1. The summed E-state index contributed by atoms with van der Waals surface area (Å²) in [5.41, 5.74) is 1.28. The van der Waals surface area contributed by atoms with Crippen molar-refractivity contribution in [3.05, 3.63) is 22.4 Å². The molecule has 3 rings (SSSR count). The van der Waals surface area contributed by atoms with E-state index in [9.17, 15) is 4.79 Å². The smallest absolute Gasteiger partial charge is 0.220 e. The number of aryl methyl sites for hydroxylation is 1. The molecular formula is C15H22N2OS. The van der Waals surface area contributed by atoms with Crippen LogP contribution in [0.2, 0.25) is 0 Å². The summed E-state index contributed by atoms with van der Waals surface area (Å²) in [6, 6.07) is 3.12.